The van der Waals surface area contributed by atoms with Crippen LogP contribution >= 0.6 is 0 Å². The van der Waals surface area contributed by atoms with Crippen LogP contribution in [0.15, 0.2) is 24.3 Å². The first-order valence-electron chi connectivity index (χ1n) is 6.00. The van der Waals surface area contributed by atoms with E-state index in [2.05, 4.69) is 0 Å². The number of methoxy groups -OCH3 is 1. The van der Waals surface area contributed by atoms with Crippen LogP contribution in [0, 0.1) is 0 Å². The minimum Gasteiger partial charge on any atom is -0.497 e. The molecule has 0 spiro atoms. The molecule has 0 radical (unpaired) electrons. The maximum absolute atomic E-state index is 12.4. The number of aliphatic hydroxyl groups is 2. The van der Waals surface area contributed by atoms with Crippen molar-refractivity contribution in [2.75, 3.05) is 33.4 Å². The van der Waals surface area contributed by atoms with Crippen molar-refractivity contribution in [3.05, 3.63) is 29.8 Å². The smallest absolute Gasteiger partial charge is 0.251 e. The van der Waals surface area contributed by atoms with Crippen LogP contribution in [0.5, 0.6) is 5.75 Å². The van der Waals surface area contributed by atoms with E-state index in [1.165, 1.54) is 12.0 Å². The minimum absolute atomic E-state index is 0.0397. The summed E-state index contributed by atoms with van der Waals surface area (Å²) in [6, 6.07) is 6.82. The van der Waals surface area contributed by atoms with Crippen molar-refractivity contribution in [3.8, 4) is 5.75 Å². The van der Waals surface area contributed by atoms with Gasteiger partial charge in [0.2, 0.25) is 0 Å². The number of hydrogen-bond acceptors (Lipinski definition) is 4. The summed E-state index contributed by atoms with van der Waals surface area (Å²) in [5.41, 5.74) is 0.594. The molecule has 0 amide bonds. The third-order valence-electron chi connectivity index (χ3n) is 2.72. The van der Waals surface area contributed by atoms with Gasteiger partial charge < -0.3 is 14.9 Å². The van der Waals surface area contributed by atoms with E-state index in [0.29, 0.717) is 11.3 Å². The van der Waals surface area contributed by atoms with Gasteiger partial charge in [0.15, 0.2) is 0 Å². The van der Waals surface area contributed by atoms with E-state index in [0.717, 1.165) is 0 Å². The normalized spacial score (nSPS) is 13.0. The van der Waals surface area contributed by atoms with Crippen molar-refractivity contribution in [2.45, 2.75) is 12.5 Å². The molecule has 19 heavy (non-hydrogen) atoms. The molecule has 0 aromatic heterocycles. The Kier molecular flexibility index (Phi) is 6.69. The molecule has 0 aliphatic carbocycles. The summed E-state index contributed by atoms with van der Waals surface area (Å²) in [5, 5.41) is 18.9. The molecule has 0 fully saturated rings. The fourth-order valence-electron chi connectivity index (χ4n) is 1.79. The average molecular weight is 275 g/mol. The van der Waals surface area contributed by atoms with Crippen LogP contribution < -0.4 is 4.74 Å². The zero-order valence-electron chi connectivity index (χ0n) is 10.8. The molecule has 1 rings (SSSR count). The Morgan fingerprint density at radius 3 is 2.63 bits per heavy atom. The molecule has 0 saturated heterocycles. The van der Waals surface area contributed by atoms with Gasteiger partial charge in [-0.25, -0.2) is 8.78 Å². The van der Waals surface area contributed by atoms with Crippen molar-refractivity contribution in [1.82, 2.24) is 4.90 Å². The Labute approximate surface area is 111 Å². The second-order valence-electron chi connectivity index (χ2n) is 4.17. The van der Waals surface area contributed by atoms with E-state index in [-0.39, 0.29) is 19.7 Å². The third kappa shape index (κ3) is 5.50. The molecule has 0 saturated carbocycles. The molecule has 0 heterocycles. The van der Waals surface area contributed by atoms with Crippen molar-refractivity contribution in [2.24, 2.45) is 0 Å². The maximum Gasteiger partial charge on any atom is 0.251 e. The van der Waals surface area contributed by atoms with Crippen LogP contribution in [0.25, 0.3) is 0 Å². The van der Waals surface area contributed by atoms with E-state index in [4.69, 9.17) is 9.84 Å². The minimum atomic E-state index is -2.50. The van der Waals surface area contributed by atoms with Gasteiger partial charge in [-0.15, -0.1) is 0 Å². The highest BCUT2D eigenvalue weighted by molar-refractivity contribution is 5.29. The van der Waals surface area contributed by atoms with Crippen LogP contribution in [0.1, 0.15) is 11.7 Å². The molecule has 6 heteroatoms. The molecule has 1 unspecified atom stereocenters. The highest BCUT2D eigenvalue weighted by atomic mass is 19.3. The Balaban J connectivity index is 2.66. The highest BCUT2D eigenvalue weighted by Gasteiger charge is 2.17. The van der Waals surface area contributed by atoms with E-state index in [1.54, 1.807) is 24.3 Å². The van der Waals surface area contributed by atoms with Crippen LogP contribution in [-0.2, 0) is 0 Å². The SMILES string of the molecule is COc1cccc(C(O)CN(CCO)CC(F)F)c1. The summed E-state index contributed by atoms with van der Waals surface area (Å²) >= 11 is 0. The molecule has 1 atom stereocenters. The number of alkyl halides is 2. The number of hydrogen-bond donors (Lipinski definition) is 2. The van der Waals surface area contributed by atoms with Gasteiger partial charge in [-0.3, -0.25) is 4.90 Å². The Hall–Kier alpha value is -1.24. The van der Waals surface area contributed by atoms with Gasteiger partial charge in [0, 0.05) is 13.1 Å². The Morgan fingerprint density at radius 1 is 1.32 bits per heavy atom. The first-order valence-corrected chi connectivity index (χ1v) is 6.00. The van der Waals surface area contributed by atoms with Gasteiger partial charge >= 0.3 is 0 Å². The number of rotatable bonds is 8. The van der Waals surface area contributed by atoms with Crippen LogP contribution in [-0.4, -0.2) is 54.9 Å². The molecule has 1 aromatic carbocycles. The second kappa shape index (κ2) is 8.04. The van der Waals surface area contributed by atoms with Crippen LogP contribution in [0.2, 0.25) is 0 Å². The van der Waals surface area contributed by atoms with E-state index in [9.17, 15) is 13.9 Å². The summed E-state index contributed by atoms with van der Waals surface area (Å²) in [5.74, 6) is 0.596. The first kappa shape index (κ1) is 15.8. The molecule has 4 nitrogen and oxygen atoms in total. The topological polar surface area (TPSA) is 52.9 Å². The predicted molar refractivity (Wildman–Crippen MR) is 67.5 cm³/mol. The monoisotopic (exact) mass is 275 g/mol. The molecule has 1 aromatic rings. The van der Waals surface area contributed by atoms with Gasteiger partial charge in [-0.1, -0.05) is 12.1 Å². The Morgan fingerprint density at radius 2 is 2.05 bits per heavy atom. The van der Waals surface area contributed by atoms with Gasteiger partial charge in [0.1, 0.15) is 5.75 Å². The molecular weight excluding hydrogens is 256 g/mol. The summed E-state index contributed by atoms with van der Waals surface area (Å²) in [6.45, 7) is -0.553. The molecule has 0 aliphatic rings. The standard InChI is InChI=1S/C13H19F2NO3/c1-19-11-4-2-3-10(7-11)12(18)8-16(5-6-17)9-13(14)15/h2-4,7,12-13,17-18H,5-6,8-9H2,1H3. The van der Waals surface area contributed by atoms with Crippen molar-refractivity contribution in [1.29, 1.82) is 0 Å². The van der Waals surface area contributed by atoms with Crippen LogP contribution in [0.3, 0.4) is 0 Å². The first-order chi connectivity index (χ1) is 9.06. The molecule has 2 N–H and O–H groups in total. The van der Waals surface area contributed by atoms with E-state index >= 15 is 0 Å². The number of ether oxygens (including phenoxy) is 1. The highest BCUT2D eigenvalue weighted by Crippen LogP contribution is 2.20. The zero-order valence-corrected chi connectivity index (χ0v) is 10.8. The van der Waals surface area contributed by atoms with Gasteiger partial charge in [-0.2, -0.15) is 0 Å². The number of benzene rings is 1. The third-order valence-corrected chi connectivity index (χ3v) is 2.72. The van der Waals surface area contributed by atoms with E-state index < -0.39 is 19.1 Å². The number of aliphatic hydroxyl groups excluding tert-OH is 2. The van der Waals surface area contributed by atoms with Crippen molar-refractivity contribution >= 4 is 0 Å². The zero-order chi connectivity index (χ0) is 14.3. The lowest BCUT2D eigenvalue weighted by Gasteiger charge is -2.24. The average Bonchev–Trinajstić information content (AvgIpc) is 2.38. The number of nitrogens with zero attached hydrogens (tertiary/aromatic N) is 1. The largest absolute Gasteiger partial charge is 0.497 e. The van der Waals surface area contributed by atoms with E-state index in [1.807, 2.05) is 0 Å². The Bertz CT molecular complexity index is 377. The number of halogens is 2. The van der Waals surface area contributed by atoms with Gasteiger partial charge in [0.25, 0.3) is 6.43 Å². The summed E-state index contributed by atoms with van der Waals surface area (Å²) in [4.78, 5) is 1.33. The van der Waals surface area contributed by atoms with Gasteiger partial charge in [0.05, 0.1) is 26.4 Å². The molecule has 0 aliphatic heterocycles. The van der Waals surface area contributed by atoms with Gasteiger partial charge in [-0.05, 0) is 17.7 Å². The molecular formula is C13H19F2NO3. The lowest BCUT2D eigenvalue weighted by Crippen LogP contribution is -2.35. The molecule has 108 valence electrons. The maximum atomic E-state index is 12.4. The quantitative estimate of drug-likeness (QED) is 0.750. The van der Waals surface area contributed by atoms with Crippen molar-refractivity contribution < 1.29 is 23.7 Å². The second-order valence-corrected chi connectivity index (χ2v) is 4.17. The lowest BCUT2D eigenvalue weighted by molar-refractivity contribution is 0.0460. The van der Waals surface area contributed by atoms with Crippen molar-refractivity contribution in [3.63, 3.8) is 0 Å². The summed E-state index contributed by atoms with van der Waals surface area (Å²) < 4.78 is 29.7. The fourth-order valence-corrected chi connectivity index (χ4v) is 1.79. The predicted octanol–water partition coefficient (Wildman–Crippen LogP) is 1.29. The lowest BCUT2D eigenvalue weighted by atomic mass is 10.1. The van der Waals surface area contributed by atoms with Crippen LogP contribution in [0.4, 0.5) is 8.78 Å². The summed E-state index contributed by atoms with van der Waals surface area (Å²) in [7, 11) is 1.51. The summed E-state index contributed by atoms with van der Waals surface area (Å²) in [6.07, 6.45) is -3.40. The molecule has 0 bridgehead atoms. The fraction of sp³-hybridized carbons (Fsp3) is 0.538.